The van der Waals surface area contributed by atoms with Crippen LogP contribution in [-0.2, 0) is 18.9 Å². The summed E-state index contributed by atoms with van der Waals surface area (Å²) in [7, 11) is 9.74. The summed E-state index contributed by atoms with van der Waals surface area (Å²) in [6.45, 7) is 11.0. The molecule has 0 unspecified atom stereocenters. The van der Waals surface area contributed by atoms with Crippen LogP contribution in [0, 0.1) is 23.7 Å². The zero-order valence-electron chi connectivity index (χ0n) is 32.7. The number of aromatic nitrogens is 6. The number of fused-ring (bicyclic) bond motifs is 2. The Bertz CT molecular complexity index is 2900. The van der Waals surface area contributed by atoms with E-state index in [1.165, 1.54) is 11.4 Å². The molecule has 2 N–H and O–H groups in total. The predicted octanol–water partition coefficient (Wildman–Crippen LogP) is 6.21. The van der Waals surface area contributed by atoms with Gasteiger partial charge in [-0.15, -0.1) is 0 Å². The van der Waals surface area contributed by atoms with Gasteiger partial charge in [-0.1, -0.05) is 80.2 Å². The summed E-state index contributed by atoms with van der Waals surface area (Å²) in [4.78, 5) is 38.3. The number of nitrogens with one attached hydrogen (secondary N) is 2. The predicted molar refractivity (Wildman–Crippen MR) is 233 cm³/mol. The van der Waals surface area contributed by atoms with Gasteiger partial charge in [0.25, 0.3) is 5.56 Å². The molecule has 11 nitrogen and oxygen atoms in total. The second-order valence-corrected chi connectivity index (χ2v) is 13.7. The number of amides is 1. The third kappa shape index (κ3) is 9.38. The number of hydrogen-bond donors (Lipinski definition) is 2. The molecule has 0 fully saturated rings. The summed E-state index contributed by atoms with van der Waals surface area (Å²) in [5.74, 6) is 12.2. The van der Waals surface area contributed by atoms with Crippen molar-refractivity contribution in [2.75, 3.05) is 0 Å². The van der Waals surface area contributed by atoms with Gasteiger partial charge in [0.2, 0.25) is 19.4 Å². The number of aryl methyl sites for hydroxylation is 2. The third-order valence-electron chi connectivity index (χ3n) is 9.06. The highest BCUT2D eigenvalue weighted by Crippen LogP contribution is 2.24. The number of rotatable bonds is 6. The maximum Gasteiger partial charge on any atom is 0.264 e. The summed E-state index contributed by atoms with van der Waals surface area (Å²) in [5, 5.41) is 16.9. The number of benzene rings is 3. The van der Waals surface area contributed by atoms with Crippen molar-refractivity contribution in [1.29, 1.82) is 0 Å². The smallest absolute Gasteiger partial charge is 0.264 e. The summed E-state index contributed by atoms with van der Waals surface area (Å²) in [5.41, 5.74) is 5.33. The molecular weight excluding hydrogens is 723 g/mol. The molecule has 7 aromatic rings. The number of hydrogen-bond acceptors (Lipinski definition) is 6. The molecule has 4 aromatic heterocycles. The standard InChI is InChI=1S/C25H22N4O2.C20H19BN4O.CH4/c1-17(27-18(2)30)23-14-21-9-7-8-20(13-12-19-15-26-28(3)16-19)24(21)25(31)29(23)22-10-5-4-6-11-22;1-13(2)23-14(3)18-10-17-7-5-6-16(19(17)20(26)25(18)21)9-8-15-11-22-24(4)12-15;/h4-11,14-17H,1-3H3,(H,27,30);5-7,10-12,14,23H,1H2,2-4H3;1H4/t17-;14-;/m00./s1. The SMILES string of the molecule is C.CC(=O)N[C@@H](C)c1cc2cccc(C#Cc3cnn(C)c3)c2c(=O)n1-c1ccccc1.[B]n1c([C@H](C)NC(=C)C)cc2cccc(C#Cc3cnn(C)c3)c2c1=O. The van der Waals surface area contributed by atoms with Gasteiger partial charge in [0, 0.05) is 67.3 Å². The van der Waals surface area contributed by atoms with E-state index in [9.17, 15) is 14.4 Å². The lowest BCUT2D eigenvalue weighted by atomic mass is 10.0. The van der Waals surface area contributed by atoms with Crippen molar-refractivity contribution in [3.05, 3.63) is 170 Å². The zero-order chi connectivity index (χ0) is 40.8. The fourth-order valence-electron chi connectivity index (χ4n) is 6.55. The van der Waals surface area contributed by atoms with Crippen LogP contribution in [0.1, 0.15) is 80.8 Å². The minimum atomic E-state index is -0.347. The molecule has 0 aliphatic rings. The lowest BCUT2D eigenvalue weighted by Crippen LogP contribution is -2.31. The first-order valence-electron chi connectivity index (χ1n) is 18.2. The Labute approximate surface area is 339 Å². The third-order valence-corrected chi connectivity index (χ3v) is 9.06. The van der Waals surface area contributed by atoms with E-state index in [2.05, 4.69) is 51.1 Å². The van der Waals surface area contributed by atoms with Crippen LogP contribution in [0.2, 0.25) is 0 Å². The molecule has 290 valence electrons. The molecule has 0 spiro atoms. The van der Waals surface area contributed by atoms with Crippen LogP contribution in [0.4, 0.5) is 0 Å². The van der Waals surface area contributed by atoms with Gasteiger partial charge in [-0.05, 0) is 67.9 Å². The highest BCUT2D eigenvalue weighted by atomic mass is 16.1. The summed E-state index contributed by atoms with van der Waals surface area (Å²) < 4.78 is 6.20. The maximum atomic E-state index is 13.7. The van der Waals surface area contributed by atoms with Crippen molar-refractivity contribution in [2.24, 2.45) is 14.1 Å². The molecule has 58 heavy (non-hydrogen) atoms. The van der Waals surface area contributed by atoms with Gasteiger partial charge >= 0.3 is 0 Å². The van der Waals surface area contributed by atoms with Crippen molar-refractivity contribution in [3.8, 4) is 29.4 Å². The van der Waals surface area contributed by atoms with Crippen LogP contribution >= 0.6 is 0 Å². The molecule has 2 atom stereocenters. The minimum Gasteiger partial charge on any atom is -0.381 e. The molecule has 0 aliphatic heterocycles. The van der Waals surface area contributed by atoms with Gasteiger partial charge in [-0.2, -0.15) is 10.2 Å². The summed E-state index contributed by atoms with van der Waals surface area (Å²) >= 11 is 0. The summed E-state index contributed by atoms with van der Waals surface area (Å²) in [6, 6.07) is 24.0. The Morgan fingerprint density at radius 2 is 1.21 bits per heavy atom. The van der Waals surface area contributed by atoms with E-state index in [0.29, 0.717) is 33.3 Å². The molecule has 0 aliphatic carbocycles. The van der Waals surface area contributed by atoms with Crippen LogP contribution in [0.5, 0.6) is 0 Å². The second-order valence-electron chi connectivity index (χ2n) is 13.7. The number of nitrogens with zero attached hydrogens (tertiary/aromatic N) is 6. The van der Waals surface area contributed by atoms with Gasteiger partial charge < -0.3 is 15.1 Å². The fourth-order valence-corrected chi connectivity index (χ4v) is 6.55. The number of pyridine rings is 2. The lowest BCUT2D eigenvalue weighted by molar-refractivity contribution is -0.119. The Balaban J connectivity index is 0.000000221. The normalized spacial score (nSPS) is 11.4. The van der Waals surface area contributed by atoms with Gasteiger partial charge in [-0.3, -0.25) is 28.3 Å². The molecule has 4 heterocycles. The minimum absolute atomic E-state index is 0. The fraction of sp³-hybridized carbons (Fsp3) is 0.196. The molecule has 0 bridgehead atoms. The Morgan fingerprint density at radius 1 is 0.707 bits per heavy atom. The molecule has 1 amide bonds. The Hall–Kier alpha value is -7.31. The number of allylic oxidation sites excluding steroid dienone is 1. The van der Waals surface area contributed by atoms with Crippen LogP contribution in [0.25, 0.3) is 27.2 Å². The van der Waals surface area contributed by atoms with E-state index < -0.39 is 0 Å². The van der Waals surface area contributed by atoms with Gasteiger partial charge in [0.1, 0.15) is 0 Å². The molecule has 3 aromatic carbocycles. The number of carbonyl (C=O) groups is 1. The Morgan fingerprint density at radius 3 is 1.69 bits per heavy atom. The van der Waals surface area contributed by atoms with Gasteiger partial charge in [-0.25, -0.2) is 0 Å². The van der Waals surface area contributed by atoms with E-state index in [1.54, 1.807) is 26.3 Å². The van der Waals surface area contributed by atoms with Gasteiger partial charge in [0.05, 0.1) is 46.4 Å². The second kappa shape index (κ2) is 18.1. The molecular formula is C46H45BN8O3. The van der Waals surface area contributed by atoms with Crippen LogP contribution in [0.3, 0.4) is 0 Å². The quantitative estimate of drug-likeness (QED) is 0.154. The van der Waals surface area contributed by atoms with Crippen molar-refractivity contribution < 1.29 is 4.79 Å². The largest absolute Gasteiger partial charge is 0.381 e. The van der Waals surface area contributed by atoms with E-state index in [4.69, 9.17) is 7.98 Å². The molecule has 7 rings (SSSR count). The first kappa shape index (κ1) is 41.8. The van der Waals surface area contributed by atoms with Crippen LogP contribution in [-0.4, -0.2) is 42.5 Å². The first-order valence-corrected chi connectivity index (χ1v) is 18.2. The van der Waals surface area contributed by atoms with E-state index in [1.807, 2.05) is 126 Å². The van der Waals surface area contributed by atoms with E-state index in [0.717, 1.165) is 33.3 Å². The average Bonchev–Trinajstić information content (AvgIpc) is 3.80. The first-order chi connectivity index (χ1) is 27.3. The van der Waals surface area contributed by atoms with Crippen molar-refractivity contribution in [3.63, 3.8) is 0 Å². The highest BCUT2D eigenvalue weighted by Gasteiger charge is 2.18. The maximum absolute atomic E-state index is 13.7. The van der Waals surface area contributed by atoms with Crippen molar-refractivity contribution >= 4 is 35.4 Å². The van der Waals surface area contributed by atoms with Crippen molar-refractivity contribution in [1.82, 2.24) is 39.2 Å². The highest BCUT2D eigenvalue weighted by molar-refractivity contribution is 6.08. The lowest BCUT2D eigenvalue weighted by Gasteiger charge is -2.20. The van der Waals surface area contributed by atoms with Crippen LogP contribution < -0.4 is 21.8 Å². The molecule has 0 saturated heterocycles. The number of para-hydroxylation sites is 1. The topological polar surface area (TPSA) is 121 Å². The number of carbonyl (C=O) groups excluding carboxylic acids is 1. The zero-order valence-corrected chi connectivity index (χ0v) is 32.7. The monoisotopic (exact) mass is 768 g/mol. The molecule has 12 heteroatoms. The average molecular weight is 769 g/mol. The van der Waals surface area contributed by atoms with Gasteiger partial charge in [0.15, 0.2) is 0 Å². The summed E-state index contributed by atoms with van der Waals surface area (Å²) in [6.07, 6.45) is 7.02. The van der Waals surface area contributed by atoms with E-state index in [-0.39, 0.29) is 36.5 Å². The van der Waals surface area contributed by atoms with E-state index >= 15 is 0 Å². The molecule has 0 saturated carbocycles. The molecule has 2 radical (unpaired) electrons. The van der Waals surface area contributed by atoms with Crippen molar-refractivity contribution in [2.45, 2.75) is 47.2 Å². The van der Waals surface area contributed by atoms with Crippen LogP contribution in [0.15, 0.2) is 126 Å². The Kier molecular flexibility index (Phi) is 13.1.